The van der Waals surface area contributed by atoms with E-state index in [-0.39, 0.29) is 0 Å². The van der Waals surface area contributed by atoms with Crippen LogP contribution in [-0.2, 0) is 13.0 Å². The Balaban J connectivity index is 2.00. The highest BCUT2D eigenvalue weighted by Crippen LogP contribution is 2.24. The Bertz CT molecular complexity index is 525. The van der Waals surface area contributed by atoms with Crippen molar-refractivity contribution in [3.8, 4) is 6.07 Å². The molecular weight excluding hydrogens is 238 g/mol. The molecular formula is C14H19N5. The number of hydrogen-bond donors (Lipinski definition) is 1. The summed E-state index contributed by atoms with van der Waals surface area (Å²) in [5.41, 5.74) is 1.75. The maximum Gasteiger partial charge on any atom is 0.176 e. The van der Waals surface area contributed by atoms with E-state index in [0.29, 0.717) is 5.57 Å². The van der Waals surface area contributed by atoms with Crippen LogP contribution in [0.3, 0.4) is 0 Å². The molecule has 1 saturated heterocycles. The molecule has 0 spiro atoms. The van der Waals surface area contributed by atoms with E-state index in [4.69, 9.17) is 0 Å². The number of nitrogens with zero attached hydrogens (tertiary/aromatic N) is 4. The third kappa shape index (κ3) is 2.35. The van der Waals surface area contributed by atoms with E-state index in [1.165, 1.54) is 19.3 Å². The van der Waals surface area contributed by atoms with Gasteiger partial charge in [0.05, 0.1) is 0 Å². The van der Waals surface area contributed by atoms with Crippen LogP contribution in [-0.4, -0.2) is 21.3 Å². The number of nitriles is 1. The van der Waals surface area contributed by atoms with Crippen molar-refractivity contribution >= 4 is 5.57 Å². The van der Waals surface area contributed by atoms with Crippen LogP contribution >= 0.6 is 0 Å². The second-order valence-corrected chi connectivity index (χ2v) is 5.25. The molecule has 1 aromatic rings. The predicted molar refractivity (Wildman–Crippen MR) is 72.0 cm³/mol. The third-order valence-electron chi connectivity index (χ3n) is 3.94. The van der Waals surface area contributed by atoms with Crippen molar-refractivity contribution in [2.24, 2.45) is 0 Å². The van der Waals surface area contributed by atoms with Crippen LogP contribution < -0.4 is 5.32 Å². The Hall–Kier alpha value is -1.83. The van der Waals surface area contributed by atoms with Gasteiger partial charge < -0.3 is 9.88 Å². The van der Waals surface area contributed by atoms with Crippen LogP contribution in [0, 0.1) is 11.3 Å². The Labute approximate surface area is 113 Å². The molecule has 2 aliphatic heterocycles. The Morgan fingerprint density at radius 3 is 2.89 bits per heavy atom. The van der Waals surface area contributed by atoms with Crippen molar-refractivity contribution in [2.75, 3.05) is 6.54 Å². The minimum atomic E-state index is 0.697. The van der Waals surface area contributed by atoms with E-state index in [0.717, 1.165) is 56.1 Å². The van der Waals surface area contributed by atoms with Gasteiger partial charge in [0.25, 0.3) is 0 Å². The molecule has 1 N–H and O–H groups in total. The van der Waals surface area contributed by atoms with Crippen LogP contribution in [0.2, 0.25) is 0 Å². The molecule has 19 heavy (non-hydrogen) atoms. The molecule has 5 heteroatoms. The van der Waals surface area contributed by atoms with Gasteiger partial charge in [-0.2, -0.15) is 5.26 Å². The minimum Gasteiger partial charge on any atom is -0.387 e. The van der Waals surface area contributed by atoms with Crippen molar-refractivity contribution in [3.05, 3.63) is 17.3 Å². The molecule has 0 aromatic carbocycles. The van der Waals surface area contributed by atoms with Gasteiger partial charge in [-0.3, -0.25) is 0 Å². The lowest BCUT2D eigenvalue weighted by Gasteiger charge is -2.15. The van der Waals surface area contributed by atoms with Gasteiger partial charge in [-0.15, -0.1) is 10.2 Å². The number of aromatic nitrogens is 3. The van der Waals surface area contributed by atoms with E-state index >= 15 is 0 Å². The van der Waals surface area contributed by atoms with E-state index in [2.05, 4.69) is 26.2 Å². The van der Waals surface area contributed by atoms with Crippen LogP contribution in [0.15, 0.2) is 5.70 Å². The number of nitrogens with one attached hydrogen (secondary N) is 1. The molecule has 0 radical (unpaired) electrons. The fourth-order valence-electron chi connectivity index (χ4n) is 2.89. The van der Waals surface area contributed by atoms with Crippen LogP contribution in [0.4, 0.5) is 0 Å². The number of fused-ring (bicyclic) bond motifs is 1. The summed E-state index contributed by atoms with van der Waals surface area (Å²) in [5, 5.41) is 21.4. The molecule has 0 aliphatic carbocycles. The summed E-state index contributed by atoms with van der Waals surface area (Å²) in [7, 11) is 0. The quantitative estimate of drug-likeness (QED) is 0.781. The highest BCUT2D eigenvalue weighted by atomic mass is 15.3. The first-order chi connectivity index (χ1) is 9.40. The third-order valence-corrected chi connectivity index (χ3v) is 3.94. The predicted octanol–water partition coefficient (Wildman–Crippen LogP) is 2.01. The zero-order chi connectivity index (χ0) is 13.1. The summed E-state index contributed by atoms with van der Waals surface area (Å²) in [5.74, 6) is 1.80. The second kappa shape index (κ2) is 5.43. The normalized spacial score (nSPS) is 21.8. The number of hydrogen-bond acceptors (Lipinski definition) is 4. The molecule has 3 rings (SSSR count). The Kier molecular flexibility index (Phi) is 3.49. The van der Waals surface area contributed by atoms with Gasteiger partial charge in [-0.25, -0.2) is 0 Å². The number of allylic oxidation sites excluding steroid dienone is 2. The van der Waals surface area contributed by atoms with Crippen LogP contribution in [0.25, 0.3) is 5.57 Å². The maximum atomic E-state index is 9.51. The molecule has 1 fully saturated rings. The Morgan fingerprint density at radius 2 is 2.00 bits per heavy atom. The Morgan fingerprint density at radius 1 is 1.11 bits per heavy atom. The van der Waals surface area contributed by atoms with E-state index in [1.54, 1.807) is 0 Å². The zero-order valence-corrected chi connectivity index (χ0v) is 11.2. The fourth-order valence-corrected chi connectivity index (χ4v) is 2.89. The van der Waals surface area contributed by atoms with Gasteiger partial charge in [-0.05, 0) is 32.1 Å². The van der Waals surface area contributed by atoms with Gasteiger partial charge in [0.2, 0.25) is 0 Å². The van der Waals surface area contributed by atoms with Crippen molar-refractivity contribution in [1.82, 2.24) is 20.1 Å². The van der Waals surface area contributed by atoms with E-state index in [1.807, 2.05) is 0 Å². The maximum absolute atomic E-state index is 9.51. The average Bonchev–Trinajstić information content (AvgIpc) is 2.69. The van der Waals surface area contributed by atoms with Crippen molar-refractivity contribution in [3.63, 3.8) is 0 Å². The highest BCUT2D eigenvalue weighted by molar-refractivity contribution is 5.75. The topological polar surface area (TPSA) is 66.5 Å². The van der Waals surface area contributed by atoms with Gasteiger partial charge in [0.1, 0.15) is 17.5 Å². The average molecular weight is 257 g/mol. The lowest BCUT2D eigenvalue weighted by Crippen LogP contribution is -2.17. The first-order valence-corrected chi connectivity index (χ1v) is 7.19. The summed E-state index contributed by atoms with van der Waals surface area (Å²) in [6.07, 6.45) is 7.82. The lowest BCUT2D eigenvalue weighted by molar-refractivity contribution is 0.519. The lowest BCUT2D eigenvalue weighted by atomic mass is 10.1. The smallest absolute Gasteiger partial charge is 0.176 e. The molecule has 0 atom stereocenters. The molecule has 3 heterocycles. The van der Waals surface area contributed by atoms with Crippen LogP contribution in [0.1, 0.15) is 50.2 Å². The molecule has 0 bridgehead atoms. The summed E-state index contributed by atoms with van der Waals surface area (Å²) in [6.45, 7) is 1.90. The minimum absolute atomic E-state index is 0.697. The monoisotopic (exact) mass is 257 g/mol. The fraction of sp³-hybridized carbons (Fsp3) is 0.643. The van der Waals surface area contributed by atoms with Gasteiger partial charge in [-0.1, -0.05) is 6.42 Å². The molecule has 5 nitrogen and oxygen atoms in total. The SMILES string of the molecule is N#CC(=C1CCCCCN1)c1nnc2n1CCCC2. The molecule has 2 aliphatic rings. The summed E-state index contributed by atoms with van der Waals surface area (Å²) in [6, 6.07) is 2.35. The zero-order valence-electron chi connectivity index (χ0n) is 11.2. The standard InChI is InChI=1S/C14H19N5/c15-10-11(12-6-2-1-4-8-16-12)14-18-17-13-7-3-5-9-19(13)14/h16H,1-9H2. The van der Waals surface area contributed by atoms with Crippen molar-refractivity contribution in [1.29, 1.82) is 5.26 Å². The van der Waals surface area contributed by atoms with Gasteiger partial charge >= 0.3 is 0 Å². The summed E-state index contributed by atoms with van der Waals surface area (Å²) in [4.78, 5) is 0. The van der Waals surface area contributed by atoms with Crippen molar-refractivity contribution < 1.29 is 0 Å². The van der Waals surface area contributed by atoms with E-state index in [9.17, 15) is 5.26 Å². The van der Waals surface area contributed by atoms with Crippen molar-refractivity contribution in [2.45, 2.75) is 51.5 Å². The summed E-state index contributed by atoms with van der Waals surface area (Å²) < 4.78 is 2.13. The second-order valence-electron chi connectivity index (χ2n) is 5.25. The molecule has 100 valence electrons. The largest absolute Gasteiger partial charge is 0.387 e. The molecule has 0 amide bonds. The van der Waals surface area contributed by atoms with E-state index < -0.39 is 0 Å². The van der Waals surface area contributed by atoms with Crippen LogP contribution in [0.5, 0.6) is 0 Å². The first kappa shape index (κ1) is 12.2. The number of aryl methyl sites for hydroxylation is 1. The summed E-state index contributed by atoms with van der Waals surface area (Å²) >= 11 is 0. The molecule has 0 saturated carbocycles. The first-order valence-electron chi connectivity index (χ1n) is 7.19. The van der Waals surface area contributed by atoms with Gasteiger partial charge in [0.15, 0.2) is 5.82 Å². The molecule has 0 unspecified atom stereocenters. The van der Waals surface area contributed by atoms with Gasteiger partial charge in [0, 0.05) is 25.2 Å². The highest BCUT2D eigenvalue weighted by Gasteiger charge is 2.21. The molecule has 1 aromatic heterocycles. The number of rotatable bonds is 1.